The van der Waals surface area contributed by atoms with Crippen LogP contribution in [0.1, 0.15) is 32.5 Å². The standard InChI is InChI=1S/C24H24FNO2/c1-16(2)26-21-8-6-5-7-20(21)24(18-10-12-19(25)13-11-18)22(26)14-9-17(3)15-23(27)28-4/h5-16H,1-4H3/b14-9+,17-15+. The van der Waals surface area contributed by atoms with E-state index >= 15 is 0 Å². The Kier molecular flexibility index (Phi) is 5.78. The van der Waals surface area contributed by atoms with Gasteiger partial charge in [-0.05, 0) is 56.2 Å². The number of halogens is 1. The molecule has 0 spiro atoms. The number of ether oxygens (including phenoxy) is 1. The monoisotopic (exact) mass is 377 g/mol. The van der Waals surface area contributed by atoms with Crippen LogP contribution >= 0.6 is 0 Å². The summed E-state index contributed by atoms with van der Waals surface area (Å²) in [7, 11) is 1.36. The maximum Gasteiger partial charge on any atom is 0.330 e. The second kappa shape index (κ2) is 8.26. The minimum Gasteiger partial charge on any atom is -0.466 e. The Morgan fingerprint density at radius 1 is 1.11 bits per heavy atom. The van der Waals surface area contributed by atoms with E-state index < -0.39 is 0 Å². The first kappa shape index (κ1) is 19.6. The lowest BCUT2D eigenvalue weighted by Gasteiger charge is -2.13. The molecular weight excluding hydrogens is 353 g/mol. The fourth-order valence-corrected chi connectivity index (χ4v) is 3.43. The minimum absolute atomic E-state index is 0.226. The SMILES string of the molecule is COC(=O)/C=C(C)/C=C/c1c(-c2ccc(F)cc2)c2ccccc2n1C(C)C. The number of fused-ring (bicyclic) bond motifs is 1. The number of carbonyl (C=O) groups is 1. The molecule has 144 valence electrons. The van der Waals surface area contributed by atoms with Gasteiger partial charge in [-0.3, -0.25) is 0 Å². The maximum atomic E-state index is 13.5. The van der Waals surface area contributed by atoms with Crippen LogP contribution in [-0.2, 0) is 9.53 Å². The summed E-state index contributed by atoms with van der Waals surface area (Å²) >= 11 is 0. The Morgan fingerprint density at radius 3 is 2.43 bits per heavy atom. The molecule has 0 radical (unpaired) electrons. The topological polar surface area (TPSA) is 31.2 Å². The van der Waals surface area contributed by atoms with Crippen LogP contribution in [0.25, 0.3) is 28.1 Å². The van der Waals surface area contributed by atoms with Crippen LogP contribution in [-0.4, -0.2) is 17.6 Å². The van der Waals surface area contributed by atoms with E-state index in [1.54, 1.807) is 12.1 Å². The summed E-state index contributed by atoms with van der Waals surface area (Å²) in [5.74, 6) is -0.643. The van der Waals surface area contributed by atoms with Gasteiger partial charge in [0.2, 0.25) is 0 Å². The number of esters is 1. The summed E-state index contributed by atoms with van der Waals surface area (Å²) in [5.41, 5.74) is 4.92. The van der Waals surface area contributed by atoms with E-state index in [1.165, 1.54) is 25.3 Å². The van der Waals surface area contributed by atoms with Gasteiger partial charge in [-0.15, -0.1) is 0 Å². The molecule has 3 aromatic rings. The predicted molar refractivity (Wildman–Crippen MR) is 113 cm³/mol. The highest BCUT2D eigenvalue weighted by Crippen LogP contribution is 2.38. The largest absolute Gasteiger partial charge is 0.466 e. The molecule has 0 aliphatic heterocycles. The fraction of sp³-hybridized carbons (Fsp3) is 0.208. The molecule has 0 bridgehead atoms. The van der Waals surface area contributed by atoms with E-state index in [0.717, 1.165) is 33.3 Å². The average Bonchev–Trinajstić information content (AvgIpc) is 3.01. The van der Waals surface area contributed by atoms with Crippen LogP contribution in [0.15, 0.2) is 66.3 Å². The average molecular weight is 377 g/mol. The second-order valence-electron chi connectivity index (χ2n) is 6.99. The van der Waals surface area contributed by atoms with Gasteiger partial charge in [0.15, 0.2) is 0 Å². The minimum atomic E-state index is -0.384. The van der Waals surface area contributed by atoms with Crippen molar-refractivity contribution < 1.29 is 13.9 Å². The van der Waals surface area contributed by atoms with E-state index in [4.69, 9.17) is 4.74 Å². The third-order valence-corrected chi connectivity index (χ3v) is 4.65. The van der Waals surface area contributed by atoms with Crippen LogP contribution in [0, 0.1) is 5.82 Å². The first-order chi connectivity index (χ1) is 13.4. The molecule has 3 rings (SSSR count). The molecule has 0 N–H and O–H groups in total. The molecule has 0 amide bonds. The lowest BCUT2D eigenvalue weighted by molar-refractivity contribution is -0.134. The molecule has 2 aromatic carbocycles. The molecule has 1 heterocycles. The number of hydrogen-bond acceptors (Lipinski definition) is 2. The third-order valence-electron chi connectivity index (χ3n) is 4.65. The van der Waals surface area contributed by atoms with Gasteiger partial charge >= 0.3 is 5.97 Å². The summed E-state index contributed by atoms with van der Waals surface area (Å²) in [6.07, 6.45) is 5.36. The molecule has 0 atom stereocenters. The Morgan fingerprint density at radius 2 is 1.79 bits per heavy atom. The number of allylic oxidation sites excluding steroid dienone is 2. The number of aromatic nitrogens is 1. The van der Waals surface area contributed by atoms with Gasteiger partial charge in [-0.25, -0.2) is 9.18 Å². The number of methoxy groups -OCH3 is 1. The number of rotatable bonds is 5. The number of para-hydroxylation sites is 1. The molecule has 0 aliphatic rings. The summed E-state index contributed by atoms with van der Waals surface area (Å²) in [6.45, 7) is 6.12. The molecular formula is C24H24FNO2. The van der Waals surface area contributed by atoms with Crippen LogP contribution in [0.2, 0.25) is 0 Å². The fourth-order valence-electron chi connectivity index (χ4n) is 3.43. The molecule has 1 aromatic heterocycles. The van der Waals surface area contributed by atoms with Crippen molar-refractivity contribution in [2.24, 2.45) is 0 Å². The van der Waals surface area contributed by atoms with Crippen molar-refractivity contribution in [2.45, 2.75) is 26.8 Å². The van der Waals surface area contributed by atoms with Gasteiger partial charge in [-0.2, -0.15) is 0 Å². The first-order valence-corrected chi connectivity index (χ1v) is 9.25. The predicted octanol–water partition coefficient (Wildman–Crippen LogP) is 6.16. The van der Waals surface area contributed by atoms with Gasteiger partial charge < -0.3 is 9.30 Å². The first-order valence-electron chi connectivity index (χ1n) is 9.25. The van der Waals surface area contributed by atoms with Gasteiger partial charge in [0.25, 0.3) is 0 Å². The zero-order valence-corrected chi connectivity index (χ0v) is 16.6. The van der Waals surface area contributed by atoms with Crippen molar-refractivity contribution in [3.05, 3.63) is 77.8 Å². The number of nitrogens with zero attached hydrogens (tertiary/aromatic N) is 1. The summed E-state index contributed by atoms with van der Waals surface area (Å²) < 4.78 is 20.4. The quantitative estimate of drug-likeness (QED) is 0.303. The molecule has 0 unspecified atom stereocenters. The van der Waals surface area contributed by atoms with Crippen LogP contribution in [0.5, 0.6) is 0 Å². The van der Waals surface area contributed by atoms with Gasteiger partial charge in [-0.1, -0.05) is 36.4 Å². The van der Waals surface area contributed by atoms with Crippen molar-refractivity contribution in [3.8, 4) is 11.1 Å². The second-order valence-corrected chi connectivity index (χ2v) is 6.99. The van der Waals surface area contributed by atoms with E-state index in [0.29, 0.717) is 0 Å². The summed E-state index contributed by atoms with van der Waals surface area (Å²) in [6, 6.07) is 15.0. The summed E-state index contributed by atoms with van der Waals surface area (Å²) in [4.78, 5) is 11.5. The Bertz CT molecular complexity index is 1060. The lowest BCUT2D eigenvalue weighted by atomic mass is 10.0. The normalized spacial score (nSPS) is 12.3. The van der Waals surface area contributed by atoms with Gasteiger partial charge in [0.1, 0.15) is 5.82 Å². The highest BCUT2D eigenvalue weighted by Gasteiger charge is 2.18. The van der Waals surface area contributed by atoms with Crippen molar-refractivity contribution in [1.82, 2.24) is 4.57 Å². The van der Waals surface area contributed by atoms with Crippen LogP contribution in [0.3, 0.4) is 0 Å². The zero-order valence-electron chi connectivity index (χ0n) is 16.6. The van der Waals surface area contributed by atoms with Crippen molar-refractivity contribution in [2.75, 3.05) is 7.11 Å². The van der Waals surface area contributed by atoms with Crippen molar-refractivity contribution in [1.29, 1.82) is 0 Å². The van der Waals surface area contributed by atoms with E-state index in [1.807, 2.05) is 31.2 Å². The molecule has 4 heteroatoms. The number of hydrogen-bond donors (Lipinski definition) is 0. The van der Waals surface area contributed by atoms with Crippen LogP contribution in [0.4, 0.5) is 4.39 Å². The zero-order chi connectivity index (χ0) is 20.3. The highest BCUT2D eigenvalue weighted by molar-refractivity contribution is 6.01. The van der Waals surface area contributed by atoms with Crippen LogP contribution < -0.4 is 0 Å². The Labute approximate surface area is 164 Å². The van der Waals surface area contributed by atoms with Gasteiger partial charge in [0, 0.05) is 34.3 Å². The Balaban J connectivity index is 2.25. The van der Waals surface area contributed by atoms with Gasteiger partial charge in [0.05, 0.1) is 7.11 Å². The van der Waals surface area contributed by atoms with E-state index in [9.17, 15) is 9.18 Å². The molecule has 0 saturated heterocycles. The Hall–Kier alpha value is -3.14. The molecule has 28 heavy (non-hydrogen) atoms. The summed E-state index contributed by atoms with van der Waals surface area (Å²) in [5, 5.41) is 1.11. The lowest BCUT2D eigenvalue weighted by Crippen LogP contribution is -2.03. The maximum absolute atomic E-state index is 13.5. The molecule has 0 saturated carbocycles. The van der Waals surface area contributed by atoms with Crippen molar-refractivity contribution >= 4 is 22.9 Å². The molecule has 3 nitrogen and oxygen atoms in total. The number of carbonyl (C=O) groups excluding carboxylic acids is 1. The molecule has 0 aliphatic carbocycles. The van der Waals surface area contributed by atoms with E-state index in [-0.39, 0.29) is 17.8 Å². The highest BCUT2D eigenvalue weighted by atomic mass is 19.1. The number of benzene rings is 2. The van der Waals surface area contributed by atoms with E-state index in [2.05, 4.69) is 30.5 Å². The third kappa shape index (κ3) is 3.91. The van der Waals surface area contributed by atoms with Crippen molar-refractivity contribution in [3.63, 3.8) is 0 Å². The molecule has 0 fully saturated rings. The smallest absolute Gasteiger partial charge is 0.330 e.